The lowest BCUT2D eigenvalue weighted by atomic mass is 9.99. The molecule has 0 atom stereocenters. The van der Waals surface area contributed by atoms with Crippen LogP contribution in [-0.4, -0.2) is 35.3 Å². The van der Waals surface area contributed by atoms with Crippen molar-refractivity contribution >= 4 is 17.8 Å². The summed E-state index contributed by atoms with van der Waals surface area (Å²) in [7, 11) is 0. The second kappa shape index (κ2) is 9.48. The Hall–Kier alpha value is -1.65. The minimum absolute atomic E-state index is 0.0392. The van der Waals surface area contributed by atoms with E-state index in [0.29, 0.717) is 6.42 Å². The molecule has 1 heterocycles. The van der Waals surface area contributed by atoms with Crippen molar-refractivity contribution in [3.63, 3.8) is 0 Å². The Labute approximate surface area is 138 Å². The Bertz CT molecular complexity index is 430. The van der Waals surface area contributed by atoms with Gasteiger partial charge in [-0.05, 0) is 32.1 Å². The summed E-state index contributed by atoms with van der Waals surface area (Å²) >= 11 is 0. The lowest BCUT2D eigenvalue weighted by Gasteiger charge is -2.19. The zero-order valence-electron chi connectivity index (χ0n) is 13.8. The topological polar surface area (TPSA) is 63.7 Å². The molecule has 128 valence electrons. The van der Waals surface area contributed by atoms with E-state index in [9.17, 15) is 14.4 Å². The summed E-state index contributed by atoms with van der Waals surface area (Å²) in [6.07, 6.45) is 13.8. The van der Waals surface area contributed by atoms with Gasteiger partial charge in [-0.1, -0.05) is 32.1 Å². The largest absolute Gasteiger partial charge is 0.462 e. The summed E-state index contributed by atoms with van der Waals surface area (Å²) in [5, 5.41) is 0. The molecule has 2 rings (SSSR count). The monoisotopic (exact) mass is 321 g/mol. The summed E-state index contributed by atoms with van der Waals surface area (Å²) < 4.78 is 5.60. The molecule has 2 aliphatic rings. The molecule has 0 aromatic carbocycles. The lowest BCUT2D eigenvalue weighted by Crippen LogP contribution is -2.31. The molecule has 2 amide bonds. The van der Waals surface area contributed by atoms with Crippen LogP contribution in [0.4, 0.5) is 0 Å². The average molecular weight is 321 g/mol. The van der Waals surface area contributed by atoms with Gasteiger partial charge in [-0.15, -0.1) is 0 Å². The SMILES string of the molecule is O=C(CCCN1C(=O)C=CC1=O)OC1CCCCCCCCC1. The number of carbonyl (C=O) groups excluding carboxylic acids is 3. The quantitative estimate of drug-likeness (QED) is 0.576. The Balaban J connectivity index is 1.66. The molecule has 0 spiro atoms. The molecule has 1 fully saturated rings. The van der Waals surface area contributed by atoms with Gasteiger partial charge in [-0.25, -0.2) is 0 Å². The maximum atomic E-state index is 12.0. The van der Waals surface area contributed by atoms with Gasteiger partial charge >= 0.3 is 5.97 Å². The second-order valence-corrected chi connectivity index (χ2v) is 6.43. The van der Waals surface area contributed by atoms with E-state index in [1.54, 1.807) is 0 Å². The van der Waals surface area contributed by atoms with Crippen molar-refractivity contribution in [3.05, 3.63) is 12.2 Å². The fourth-order valence-corrected chi connectivity index (χ4v) is 3.17. The fraction of sp³-hybridized carbons (Fsp3) is 0.722. The van der Waals surface area contributed by atoms with Gasteiger partial charge < -0.3 is 4.74 Å². The van der Waals surface area contributed by atoms with Gasteiger partial charge in [0.2, 0.25) is 0 Å². The van der Waals surface area contributed by atoms with E-state index >= 15 is 0 Å². The number of rotatable bonds is 5. The van der Waals surface area contributed by atoms with Gasteiger partial charge in [0.15, 0.2) is 0 Å². The van der Waals surface area contributed by atoms with Crippen LogP contribution < -0.4 is 0 Å². The summed E-state index contributed by atoms with van der Waals surface area (Å²) in [5.74, 6) is -0.800. The van der Waals surface area contributed by atoms with Crippen molar-refractivity contribution in [2.75, 3.05) is 6.54 Å². The summed E-state index contributed by atoms with van der Waals surface area (Å²) in [5.41, 5.74) is 0. The number of imide groups is 1. The molecule has 23 heavy (non-hydrogen) atoms. The first kappa shape index (κ1) is 17.7. The molecule has 0 saturated heterocycles. The van der Waals surface area contributed by atoms with Gasteiger partial charge in [-0.3, -0.25) is 19.3 Å². The zero-order valence-corrected chi connectivity index (χ0v) is 13.8. The van der Waals surface area contributed by atoms with Gasteiger partial charge in [0.1, 0.15) is 6.10 Å². The normalized spacial score (nSPS) is 20.8. The van der Waals surface area contributed by atoms with Crippen LogP contribution in [0.1, 0.15) is 70.6 Å². The molecule has 0 aromatic rings. The van der Waals surface area contributed by atoms with Gasteiger partial charge in [0.05, 0.1) is 0 Å². The van der Waals surface area contributed by atoms with Crippen molar-refractivity contribution < 1.29 is 19.1 Å². The Kier molecular flexibility index (Phi) is 7.30. The molecule has 1 aliphatic carbocycles. The smallest absolute Gasteiger partial charge is 0.306 e. The third-order valence-electron chi connectivity index (χ3n) is 4.51. The van der Waals surface area contributed by atoms with Gasteiger partial charge in [0, 0.05) is 25.1 Å². The molecule has 0 N–H and O–H groups in total. The van der Waals surface area contributed by atoms with Crippen LogP contribution in [0.25, 0.3) is 0 Å². The van der Waals surface area contributed by atoms with E-state index < -0.39 is 0 Å². The average Bonchev–Trinajstić information content (AvgIpc) is 2.85. The Morgan fingerprint density at radius 3 is 2.04 bits per heavy atom. The summed E-state index contributed by atoms with van der Waals surface area (Å²) in [6, 6.07) is 0. The molecular formula is C18H27NO4. The van der Waals surface area contributed by atoms with E-state index in [4.69, 9.17) is 4.74 Å². The second-order valence-electron chi connectivity index (χ2n) is 6.43. The van der Waals surface area contributed by atoms with Crippen molar-refractivity contribution in [3.8, 4) is 0 Å². The van der Waals surface area contributed by atoms with Crippen LogP contribution in [0, 0.1) is 0 Å². The van der Waals surface area contributed by atoms with Crippen LogP contribution in [0.3, 0.4) is 0 Å². The van der Waals surface area contributed by atoms with E-state index in [-0.39, 0.29) is 36.9 Å². The molecule has 1 saturated carbocycles. The number of carbonyl (C=O) groups is 3. The number of hydrogen-bond donors (Lipinski definition) is 0. The third kappa shape index (κ3) is 6.16. The maximum Gasteiger partial charge on any atom is 0.306 e. The number of ether oxygens (including phenoxy) is 1. The number of esters is 1. The highest BCUT2D eigenvalue weighted by atomic mass is 16.5. The van der Waals surface area contributed by atoms with Crippen molar-refractivity contribution in [1.82, 2.24) is 4.90 Å². The Morgan fingerprint density at radius 1 is 0.957 bits per heavy atom. The first-order valence-corrected chi connectivity index (χ1v) is 8.90. The summed E-state index contributed by atoms with van der Waals surface area (Å²) in [6.45, 7) is 0.282. The van der Waals surface area contributed by atoms with Crippen LogP contribution in [0.2, 0.25) is 0 Å². The molecule has 0 radical (unpaired) electrons. The van der Waals surface area contributed by atoms with Crippen LogP contribution in [0.5, 0.6) is 0 Å². The molecule has 1 aliphatic heterocycles. The minimum Gasteiger partial charge on any atom is -0.462 e. The predicted octanol–water partition coefficient (Wildman–Crippen LogP) is 3.13. The minimum atomic E-state index is -0.296. The highest BCUT2D eigenvalue weighted by molar-refractivity contribution is 6.12. The van der Waals surface area contributed by atoms with Crippen molar-refractivity contribution in [1.29, 1.82) is 0 Å². The highest BCUT2D eigenvalue weighted by Gasteiger charge is 2.23. The van der Waals surface area contributed by atoms with Gasteiger partial charge in [0.25, 0.3) is 11.8 Å². The predicted molar refractivity (Wildman–Crippen MR) is 86.5 cm³/mol. The van der Waals surface area contributed by atoms with Crippen molar-refractivity contribution in [2.45, 2.75) is 76.7 Å². The molecule has 0 bridgehead atoms. The molecule has 5 nitrogen and oxygen atoms in total. The number of nitrogens with zero attached hydrogens (tertiary/aromatic N) is 1. The van der Waals surface area contributed by atoms with E-state index in [2.05, 4.69) is 0 Å². The maximum absolute atomic E-state index is 12.0. The molecule has 5 heteroatoms. The standard InChI is InChI=1S/C18H27NO4/c20-16-12-13-17(21)19(16)14-8-11-18(22)23-15-9-6-4-2-1-3-5-7-10-15/h12-13,15H,1-11,14H2. The van der Waals surface area contributed by atoms with E-state index in [0.717, 1.165) is 30.6 Å². The molecule has 0 unspecified atom stereocenters. The first-order chi connectivity index (χ1) is 11.2. The lowest BCUT2D eigenvalue weighted by molar-refractivity contribution is -0.150. The fourth-order valence-electron chi connectivity index (χ4n) is 3.17. The van der Waals surface area contributed by atoms with Crippen LogP contribution >= 0.6 is 0 Å². The number of amides is 2. The third-order valence-corrected chi connectivity index (χ3v) is 4.51. The van der Waals surface area contributed by atoms with E-state index in [1.807, 2.05) is 0 Å². The van der Waals surface area contributed by atoms with Crippen LogP contribution in [0.15, 0.2) is 12.2 Å². The Morgan fingerprint density at radius 2 is 1.48 bits per heavy atom. The van der Waals surface area contributed by atoms with Crippen molar-refractivity contribution in [2.24, 2.45) is 0 Å². The number of hydrogen-bond acceptors (Lipinski definition) is 4. The van der Waals surface area contributed by atoms with E-state index in [1.165, 1.54) is 44.3 Å². The molecule has 0 aromatic heterocycles. The molecular weight excluding hydrogens is 294 g/mol. The first-order valence-electron chi connectivity index (χ1n) is 8.90. The zero-order chi connectivity index (χ0) is 16.5. The van der Waals surface area contributed by atoms with Gasteiger partial charge in [-0.2, -0.15) is 0 Å². The summed E-state index contributed by atoms with van der Waals surface area (Å²) in [4.78, 5) is 36.0. The highest BCUT2D eigenvalue weighted by Crippen LogP contribution is 2.19. The van der Waals surface area contributed by atoms with Crippen LogP contribution in [-0.2, 0) is 19.1 Å².